The van der Waals surface area contributed by atoms with Crippen molar-refractivity contribution in [1.82, 2.24) is 0 Å². The number of nitrogen functional groups attached to an aromatic ring is 1. The normalized spacial score (nSPS) is 10.1. The fourth-order valence-corrected chi connectivity index (χ4v) is 1.79. The number of hydrogen-bond acceptors (Lipinski definition) is 3. The van der Waals surface area contributed by atoms with Gasteiger partial charge >= 0.3 is 0 Å². The van der Waals surface area contributed by atoms with Crippen LogP contribution in [0, 0.1) is 5.41 Å². The number of phenolic OH excluding ortho intramolecular Hbond substituents is 1. The van der Waals surface area contributed by atoms with Gasteiger partial charge in [0.05, 0.1) is 5.56 Å². The highest BCUT2D eigenvalue weighted by Crippen LogP contribution is 2.23. The molecule has 2 aromatic rings. The average Bonchev–Trinajstić information content (AvgIpc) is 2.39. The van der Waals surface area contributed by atoms with Crippen LogP contribution in [0.15, 0.2) is 42.5 Å². The topological polar surface area (TPSA) is 99.2 Å². The molecule has 2 aromatic carbocycles. The van der Waals surface area contributed by atoms with Crippen molar-refractivity contribution >= 4 is 29.0 Å². The third kappa shape index (κ3) is 3.07. The van der Waals surface area contributed by atoms with E-state index in [9.17, 15) is 9.90 Å². The van der Waals surface area contributed by atoms with Crippen LogP contribution in [0.4, 0.5) is 5.69 Å². The van der Waals surface area contributed by atoms with E-state index >= 15 is 0 Å². The maximum Gasteiger partial charge on any atom is 0.259 e. The lowest BCUT2D eigenvalue weighted by Gasteiger charge is -2.07. The molecular formula is C14H12ClN3O2. The van der Waals surface area contributed by atoms with E-state index in [0.717, 1.165) is 0 Å². The molecule has 0 aliphatic carbocycles. The van der Waals surface area contributed by atoms with E-state index in [1.54, 1.807) is 24.3 Å². The number of rotatable bonds is 3. The summed E-state index contributed by atoms with van der Waals surface area (Å²) in [6.07, 6.45) is 0. The fraction of sp³-hybridized carbons (Fsp3) is 0. The molecule has 0 saturated carbocycles. The number of carbonyl (C=O) groups excluding carboxylic acids is 1. The number of nitrogens with one attached hydrogen (secondary N) is 2. The molecule has 0 aliphatic rings. The first-order valence-corrected chi connectivity index (χ1v) is 6.09. The first-order chi connectivity index (χ1) is 9.47. The fourth-order valence-electron chi connectivity index (χ4n) is 1.63. The lowest BCUT2D eigenvalue weighted by atomic mass is 10.1. The van der Waals surface area contributed by atoms with Crippen molar-refractivity contribution in [3.05, 3.63) is 58.6 Å². The number of amidine groups is 1. The molecule has 2 rings (SSSR count). The quantitative estimate of drug-likeness (QED) is 0.516. The van der Waals surface area contributed by atoms with Crippen LogP contribution >= 0.6 is 11.6 Å². The van der Waals surface area contributed by atoms with E-state index in [1.165, 1.54) is 18.2 Å². The second-order valence-corrected chi connectivity index (χ2v) is 4.54. The van der Waals surface area contributed by atoms with Gasteiger partial charge in [-0.05, 0) is 42.5 Å². The number of amides is 1. The third-order valence-corrected chi connectivity index (χ3v) is 2.89. The molecule has 0 saturated heterocycles. The van der Waals surface area contributed by atoms with Gasteiger partial charge in [-0.1, -0.05) is 11.6 Å². The second kappa shape index (κ2) is 5.63. The third-order valence-electron chi connectivity index (χ3n) is 2.66. The smallest absolute Gasteiger partial charge is 0.259 e. The van der Waals surface area contributed by atoms with Crippen LogP contribution in [0.3, 0.4) is 0 Å². The molecule has 1 amide bonds. The molecule has 0 aliphatic heterocycles. The van der Waals surface area contributed by atoms with Crippen LogP contribution in [0.5, 0.6) is 5.75 Å². The Morgan fingerprint density at radius 2 is 1.85 bits per heavy atom. The Labute approximate surface area is 120 Å². The van der Waals surface area contributed by atoms with Crippen LogP contribution < -0.4 is 11.1 Å². The molecule has 0 fully saturated rings. The van der Waals surface area contributed by atoms with Gasteiger partial charge in [-0.25, -0.2) is 0 Å². The Morgan fingerprint density at radius 1 is 1.20 bits per heavy atom. The van der Waals surface area contributed by atoms with Gasteiger partial charge in [0.15, 0.2) is 0 Å². The minimum Gasteiger partial charge on any atom is -0.507 e. The van der Waals surface area contributed by atoms with E-state index in [-0.39, 0.29) is 17.1 Å². The molecule has 6 heteroatoms. The lowest BCUT2D eigenvalue weighted by Crippen LogP contribution is -2.13. The first-order valence-electron chi connectivity index (χ1n) is 5.71. The number of nitrogens with two attached hydrogens (primary N) is 1. The van der Waals surface area contributed by atoms with Crippen LogP contribution in [0.2, 0.25) is 5.02 Å². The molecular weight excluding hydrogens is 278 g/mol. The predicted molar refractivity (Wildman–Crippen MR) is 78.5 cm³/mol. The maximum atomic E-state index is 12.0. The zero-order valence-corrected chi connectivity index (χ0v) is 11.1. The largest absolute Gasteiger partial charge is 0.507 e. The number of anilines is 1. The zero-order chi connectivity index (χ0) is 14.7. The molecule has 0 heterocycles. The predicted octanol–water partition coefficient (Wildman–Crippen LogP) is 2.58. The molecule has 5 N–H and O–H groups in total. The summed E-state index contributed by atoms with van der Waals surface area (Å²) in [6.45, 7) is 0. The van der Waals surface area contributed by atoms with Gasteiger partial charge < -0.3 is 16.2 Å². The molecule has 20 heavy (non-hydrogen) atoms. The standard InChI is InChI=1S/C14H12ClN3O2/c15-9-3-6-11(12(19)7-9)14(20)18-10-4-1-8(2-5-10)13(16)17/h1-7,19H,(H3,16,17)(H,18,20). The summed E-state index contributed by atoms with van der Waals surface area (Å²) in [5, 5.41) is 19.9. The van der Waals surface area contributed by atoms with Crippen molar-refractivity contribution in [2.24, 2.45) is 5.73 Å². The van der Waals surface area contributed by atoms with Gasteiger partial charge in [0.25, 0.3) is 5.91 Å². The number of halogens is 1. The Balaban J connectivity index is 2.17. The molecule has 0 atom stereocenters. The monoisotopic (exact) mass is 289 g/mol. The summed E-state index contributed by atoms with van der Waals surface area (Å²) in [7, 11) is 0. The van der Waals surface area contributed by atoms with Crippen LogP contribution in [-0.4, -0.2) is 16.8 Å². The first kappa shape index (κ1) is 13.9. The Hall–Kier alpha value is -2.53. The van der Waals surface area contributed by atoms with Crippen LogP contribution in [0.25, 0.3) is 0 Å². The Kier molecular flexibility index (Phi) is 3.91. The Bertz CT molecular complexity index is 669. The molecule has 0 aromatic heterocycles. The lowest BCUT2D eigenvalue weighted by molar-refractivity contribution is 0.102. The number of hydrogen-bond donors (Lipinski definition) is 4. The van der Waals surface area contributed by atoms with Crippen LogP contribution in [-0.2, 0) is 0 Å². The van der Waals surface area contributed by atoms with E-state index in [1.807, 2.05) is 0 Å². The summed E-state index contributed by atoms with van der Waals surface area (Å²) < 4.78 is 0. The average molecular weight is 290 g/mol. The minimum absolute atomic E-state index is 0.0433. The van der Waals surface area contributed by atoms with Crippen molar-refractivity contribution < 1.29 is 9.90 Å². The highest BCUT2D eigenvalue weighted by molar-refractivity contribution is 6.31. The maximum absolute atomic E-state index is 12.0. The zero-order valence-electron chi connectivity index (χ0n) is 10.4. The molecule has 0 spiro atoms. The number of aromatic hydroxyl groups is 1. The molecule has 5 nitrogen and oxygen atoms in total. The van der Waals surface area contributed by atoms with E-state index in [0.29, 0.717) is 16.3 Å². The van der Waals surface area contributed by atoms with Crippen molar-refractivity contribution in [2.45, 2.75) is 0 Å². The second-order valence-electron chi connectivity index (χ2n) is 4.11. The summed E-state index contributed by atoms with van der Waals surface area (Å²) in [5.74, 6) is -0.677. The van der Waals surface area contributed by atoms with Gasteiger partial charge in [0, 0.05) is 16.3 Å². The minimum atomic E-state index is -0.449. The van der Waals surface area contributed by atoms with Crippen molar-refractivity contribution in [3.63, 3.8) is 0 Å². The highest BCUT2D eigenvalue weighted by atomic mass is 35.5. The number of carbonyl (C=O) groups is 1. The van der Waals surface area contributed by atoms with E-state index < -0.39 is 5.91 Å². The molecule has 0 radical (unpaired) electrons. The summed E-state index contributed by atoms with van der Waals surface area (Å²) in [4.78, 5) is 12.0. The SMILES string of the molecule is N=C(N)c1ccc(NC(=O)c2ccc(Cl)cc2O)cc1. The number of benzene rings is 2. The van der Waals surface area contributed by atoms with Gasteiger partial charge in [-0.3, -0.25) is 10.2 Å². The van der Waals surface area contributed by atoms with Crippen molar-refractivity contribution in [1.29, 1.82) is 5.41 Å². The van der Waals surface area contributed by atoms with Crippen LogP contribution in [0.1, 0.15) is 15.9 Å². The number of phenols is 1. The molecule has 0 unspecified atom stereocenters. The Morgan fingerprint density at radius 3 is 2.40 bits per heavy atom. The van der Waals surface area contributed by atoms with Crippen molar-refractivity contribution in [2.75, 3.05) is 5.32 Å². The van der Waals surface area contributed by atoms with Gasteiger partial charge in [-0.2, -0.15) is 0 Å². The van der Waals surface area contributed by atoms with Gasteiger partial charge in [0.2, 0.25) is 0 Å². The van der Waals surface area contributed by atoms with Gasteiger partial charge in [-0.15, -0.1) is 0 Å². The van der Waals surface area contributed by atoms with Gasteiger partial charge in [0.1, 0.15) is 11.6 Å². The highest BCUT2D eigenvalue weighted by Gasteiger charge is 2.11. The molecule has 0 bridgehead atoms. The van der Waals surface area contributed by atoms with E-state index in [2.05, 4.69) is 5.32 Å². The summed E-state index contributed by atoms with van der Waals surface area (Å²) >= 11 is 5.71. The van der Waals surface area contributed by atoms with Crippen molar-refractivity contribution in [3.8, 4) is 5.75 Å². The summed E-state index contributed by atoms with van der Waals surface area (Å²) in [6, 6.07) is 10.8. The molecule has 102 valence electrons. The summed E-state index contributed by atoms with van der Waals surface area (Å²) in [5.41, 5.74) is 6.57. The van der Waals surface area contributed by atoms with E-state index in [4.69, 9.17) is 22.7 Å².